The number of carbonyl (C=O) groups excluding carboxylic acids is 3. The molecule has 3 aromatic rings. The molecule has 0 bridgehead atoms. The molecule has 3 aliphatic heterocycles. The van der Waals surface area contributed by atoms with Crippen LogP contribution in [-0.2, 0) is 22.7 Å². The van der Waals surface area contributed by atoms with Crippen molar-refractivity contribution in [3.63, 3.8) is 0 Å². The van der Waals surface area contributed by atoms with Gasteiger partial charge in [0.05, 0.1) is 6.04 Å². The second-order valence-corrected chi connectivity index (χ2v) is 10.9. The predicted octanol–water partition coefficient (Wildman–Crippen LogP) is 3.91. The van der Waals surface area contributed by atoms with Gasteiger partial charge in [-0.1, -0.05) is 36.4 Å². The quantitative estimate of drug-likeness (QED) is 0.354. The predicted molar refractivity (Wildman–Crippen MR) is 144 cm³/mol. The highest BCUT2D eigenvalue weighted by Gasteiger charge is 2.39. The highest BCUT2D eigenvalue weighted by atomic mass is 19.2. The molecule has 11 heteroatoms. The standard InChI is InChI=1S/C31H28F4N4O3/c32-23-5-1-3-21(27(23)34)29(22-4-2-6-24(33)28(22)35)38-13-11-37(12-14-38)16-18-7-8-20-19(15-18)17-39(31(20)42)25-9-10-26(40)36-30(25)41/h1-8,15,25,29H,9-14,16-17H2,(H,36,40,41). The molecule has 0 aromatic heterocycles. The van der Waals surface area contributed by atoms with Crippen molar-refractivity contribution in [2.75, 3.05) is 26.2 Å². The summed E-state index contributed by atoms with van der Waals surface area (Å²) in [5, 5.41) is 2.30. The van der Waals surface area contributed by atoms with Crippen LogP contribution in [0.1, 0.15) is 51.5 Å². The van der Waals surface area contributed by atoms with E-state index in [1.807, 2.05) is 17.0 Å². The Morgan fingerprint density at radius 2 is 1.48 bits per heavy atom. The molecular formula is C31H28F4N4O3. The Balaban J connectivity index is 1.16. The molecule has 1 N–H and O–H groups in total. The number of hydrogen-bond acceptors (Lipinski definition) is 5. The maximum absolute atomic E-state index is 14.9. The maximum atomic E-state index is 14.9. The van der Waals surface area contributed by atoms with E-state index in [1.165, 1.54) is 29.2 Å². The summed E-state index contributed by atoms with van der Waals surface area (Å²) in [6, 6.07) is 11.3. The number of piperazine rings is 1. The first kappa shape index (κ1) is 28.0. The van der Waals surface area contributed by atoms with Crippen molar-refractivity contribution in [3.8, 4) is 0 Å². The Morgan fingerprint density at radius 3 is 2.10 bits per heavy atom. The van der Waals surface area contributed by atoms with E-state index in [9.17, 15) is 31.9 Å². The number of amides is 3. The summed E-state index contributed by atoms with van der Waals surface area (Å²) in [5.74, 6) is -5.32. The van der Waals surface area contributed by atoms with Gasteiger partial charge < -0.3 is 4.90 Å². The minimum atomic E-state index is -1.09. The number of nitrogens with zero attached hydrogens (tertiary/aromatic N) is 3. The Hall–Kier alpha value is -4.09. The largest absolute Gasteiger partial charge is 0.322 e. The molecule has 0 saturated carbocycles. The monoisotopic (exact) mass is 580 g/mol. The first-order valence-electron chi connectivity index (χ1n) is 13.8. The van der Waals surface area contributed by atoms with Gasteiger partial charge in [0.15, 0.2) is 23.3 Å². The van der Waals surface area contributed by atoms with Gasteiger partial charge in [-0.3, -0.25) is 29.5 Å². The smallest absolute Gasteiger partial charge is 0.255 e. The van der Waals surface area contributed by atoms with Gasteiger partial charge in [-0.15, -0.1) is 0 Å². The van der Waals surface area contributed by atoms with E-state index >= 15 is 0 Å². The van der Waals surface area contributed by atoms with Crippen LogP contribution in [0.4, 0.5) is 17.6 Å². The summed E-state index contributed by atoms with van der Waals surface area (Å²) in [4.78, 5) is 42.3. The topological polar surface area (TPSA) is 73.0 Å². The van der Waals surface area contributed by atoms with Crippen molar-refractivity contribution >= 4 is 17.7 Å². The van der Waals surface area contributed by atoms with Crippen molar-refractivity contribution < 1.29 is 31.9 Å². The summed E-state index contributed by atoms with van der Waals surface area (Å²) < 4.78 is 58.2. The van der Waals surface area contributed by atoms with E-state index in [4.69, 9.17) is 0 Å². The van der Waals surface area contributed by atoms with Crippen LogP contribution in [-0.4, -0.2) is 64.6 Å². The number of halogens is 4. The molecule has 2 fully saturated rings. The molecule has 3 amide bonds. The summed E-state index contributed by atoms with van der Waals surface area (Å²) in [5.41, 5.74) is 2.19. The fraction of sp³-hybridized carbons (Fsp3) is 0.323. The molecule has 42 heavy (non-hydrogen) atoms. The molecule has 3 aromatic carbocycles. The number of fused-ring (bicyclic) bond motifs is 1. The number of carbonyl (C=O) groups is 3. The lowest BCUT2D eigenvalue weighted by atomic mass is 9.95. The molecule has 0 aliphatic carbocycles. The third-order valence-corrected chi connectivity index (χ3v) is 8.32. The van der Waals surface area contributed by atoms with Gasteiger partial charge >= 0.3 is 0 Å². The van der Waals surface area contributed by atoms with Gasteiger partial charge in [-0.2, -0.15) is 0 Å². The molecule has 7 nitrogen and oxygen atoms in total. The Bertz CT molecular complexity index is 1520. The van der Waals surface area contributed by atoms with Gasteiger partial charge in [0.25, 0.3) is 5.91 Å². The molecule has 6 rings (SSSR count). The second kappa shape index (κ2) is 11.3. The molecule has 3 aliphatic rings. The molecule has 0 radical (unpaired) electrons. The highest BCUT2D eigenvalue weighted by molar-refractivity contribution is 6.05. The summed E-state index contributed by atoms with van der Waals surface area (Å²) in [6.45, 7) is 2.68. The number of benzene rings is 3. The third-order valence-electron chi connectivity index (χ3n) is 8.32. The average molecular weight is 581 g/mol. The summed E-state index contributed by atoms with van der Waals surface area (Å²) >= 11 is 0. The van der Waals surface area contributed by atoms with Crippen LogP contribution < -0.4 is 5.32 Å². The highest BCUT2D eigenvalue weighted by Crippen LogP contribution is 2.35. The molecule has 3 heterocycles. The molecule has 1 unspecified atom stereocenters. The Labute approximate surface area is 239 Å². The van der Waals surface area contributed by atoms with E-state index in [-0.39, 0.29) is 35.9 Å². The lowest BCUT2D eigenvalue weighted by Gasteiger charge is -2.40. The molecule has 0 spiro atoms. The summed E-state index contributed by atoms with van der Waals surface area (Å²) in [6.07, 6.45) is 0.480. The second-order valence-electron chi connectivity index (χ2n) is 10.9. The third kappa shape index (κ3) is 5.18. The normalized spacial score (nSPS) is 19.9. The van der Waals surface area contributed by atoms with Crippen molar-refractivity contribution in [1.29, 1.82) is 0 Å². The van der Waals surface area contributed by atoms with E-state index in [0.717, 1.165) is 23.3 Å². The van der Waals surface area contributed by atoms with Crippen LogP contribution in [0, 0.1) is 23.3 Å². The molecule has 218 valence electrons. The van der Waals surface area contributed by atoms with E-state index < -0.39 is 41.3 Å². The fourth-order valence-corrected chi connectivity index (χ4v) is 6.19. The van der Waals surface area contributed by atoms with Crippen LogP contribution in [0.15, 0.2) is 54.6 Å². The fourth-order valence-electron chi connectivity index (χ4n) is 6.19. The molecule has 1 atom stereocenters. The van der Waals surface area contributed by atoms with Crippen LogP contribution >= 0.6 is 0 Å². The van der Waals surface area contributed by atoms with Crippen LogP contribution in [0.5, 0.6) is 0 Å². The number of rotatable bonds is 6. The van der Waals surface area contributed by atoms with Gasteiger partial charge in [0.1, 0.15) is 6.04 Å². The number of imide groups is 1. The zero-order valence-electron chi connectivity index (χ0n) is 22.6. The lowest BCUT2D eigenvalue weighted by Crippen LogP contribution is -2.52. The zero-order valence-corrected chi connectivity index (χ0v) is 22.6. The summed E-state index contributed by atoms with van der Waals surface area (Å²) in [7, 11) is 0. The van der Waals surface area contributed by atoms with E-state index in [1.54, 1.807) is 6.07 Å². The SMILES string of the molecule is O=C1CCC(N2Cc3cc(CN4CCN(C(c5cccc(F)c5F)c5cccc(F)c5F)CC4)ccc3C2=O)C(=O)N1. The number of hydrogen-bond donors (Lipinski definition) is 1. The van der Waals surface area contributed by atoms with Gasteiger partial charge in [0.2, 0.25) is 11.8 Å². The number of piperidine rings is 1. The van der Waals surface area contributed by atoms with Crippen LogP contribution in [0.25, 0.3) is 0 Å². The van der Waals surface area contributed by atoms with Crippen molar-refractivity contribution in [1.82, 2.24) is 20.0 Å². The lowest BCUT2D eigenvalue weighted by molar-refractivity contribution is -0.136. The minimum Gasteiger partial charge on any atom is -0.322 e. The van der Waals surface area contributed by atoms with Crippen molar-refractivity contribution in [2.24, 2.45) is 0 Å². The van der Waals surface area contributed by atoms with Crippen LogP contribution in [0.2, 0.25) is 0 Å². The molecule has 2 saturated heterocycles. The van der Waals surface area contributed by atoms with Crippen molar-refractivity contribution in [2.45, 2.75) is 38.0 Å². The van der Waals surface area contributed by atoms with Crippen molar-refractivity contribution in [3.05, 3.63) is 106 Å². The Morgan fingerprint density at radius 1 is 0.833 bits per heavy atom. The van der Waals surface area contributed by atoms with Gasteiger partial charge in [0, 0.05) is 62.4 Å². The minimum absolute atomic E-state index is 0.0585. The van der Waals surface area contributed by atoms with E-state index in [2.05, 4.69) is 10.2 Å². The zero-order chi connectivity index (χ0) is 29.5. The molecular weight excluding hydrogens is 552 g/mol. The van der Waals surface area contributed by atoms with Crippen LogP contribution in [0.3, 0.4) is 0 Å². The van der Waals surface area contributed by atoms with E-state index in [0.29, 0.717) is 44.7 Å². The van der Waals surface area contributed by atoms with Gasteiger partial charge in [-0.05, 0) is 35.7 Å². The average Bonchev–Trinajstić information content (AvgIpc) is 3.29. The number of nitrogens with one attached hydrogen (secondary N) is 1. The first-order valence-corrected chi connectivity index (χ1v) is 13.8. The maximum Gasteiger partial charge on any atom is 0.255 e. The first-order chi connectivity index (χ1) is 20.2. The Kier molecular flexibility index (Phi) is 7.54. The van der Waals surface area contributed by atoms with Gasteiger partial charge in [-0.25, -0.2) is 17.6 Å².